The van der Waals surface area contributed by atoms with Crippen LogP contribution in [0.2, 0.25) is 0 Å². The highest BCUT2D eigenvalue weighted by Crippen LogP contribution is 2.18. The quantitative estimate of drug-likeness (QED) is 0.819. The summed E-state index contributed by atoms with van der Waals surface area (Å²) >= 11 is 7.18. The van der Waals surface area contributed by atoms with Gasteiger partial charge in [-0.1, -0.05) is 31.5 Å². The number of rotatable bonds is 6. The number of nitrogens with one attached hydrogen (secondary N) is 1. The first kappa shape index (κ1) is 15.0. The molecule has 1 aromatic heterocycles. The molecule has 0 aliphatic rings. The number of amides is 1. The van der Waals surface area contributed by atoms with E-state index in [1.807, 2.05) is 29.6 Å². The van der Waals surface area contributed by atoms with Crippen molar-refractivity contribution < 1.29 is 4.79 Å². The van der Waals surface area contributed by atoms with E-state index in [0.29, 0.717) is 12.3 Å². The largest absolute Gasteiger partial charge is 0.325 e. The van der Waals surface area contributed by atoms with Crippen molar-refractivity contribution in [2.45, 2.75) is 32.1 Å². The fraction of sp³-hybridized carbons (Fsp3) is 0.333. The topological polar surface area (TPSA) is 42.0 Å². The number of carbonyl (C=O) groups excluding carboxylic acids is 1. The Morgan fingerprint density at radius 1 is 1.40 bits per heavy atom. The zero-order chi connectivity index (χ0) is 14.4. The van der Waals surface area contributed by atoms with Gasteiger partial charge in [0.15, 0.2) is 0 Å². The first-order valence-corrected chi connectivity index (χ1v) is 8.01. The molecule has 20 heavy (non-hydrogen) atoms. The third-order valence-corrected chi connectivity index (χ3v) is 4.03. The summed E-state index contributed by atoms with van der Waals surface area (Å²) < 4.78 is 0. The second-order valence-electron chi connectivity index (χ2n) is 4.50. The molecule has 0 spiro atoms. The van der Waals surface area contributed by atoms with Crippen LogP contribution in [0.5, 0.6) is 0 Å². The average Bonchev–Trinajstić information content (AvgIpc) is 2.89. The Morgan fingerprint density at radius 3 is 2.90 bits per heavy atom. The zero-order valence-electron chi connectivity index (χ0n) is 11.4. The molecule has 106 valence electrons. The van der Waals surface area contributed by atoms with Gasteiger partial charge in [0.25, 0.3) is 0 Å². The molecule has 0 unspecified atom stereocenters. The molecule has 0 atom stereocenters. The van der Waals surface area contributed by atoms with E-state index >= 15 is 0 Å². The zero-order valence-corrected chi connectivity index (χ0v) is 12.9. The molecule has 3 nitrogen and oxygen atoms in total. The number of thiazole rings is 1. The molecule has 0 aliphatic carbocycles. The second kappa shape index (κ2) is 7.41. The van der Waals surface area contributed by atoms with Gasteiger partial charge in [-0.2, -0.15) is 0 Å². The Bertz CT molecular complexity index is 583. The highest BCUT2D eigenvalue weighted by atomic mass is 35.5. The van der Waals surface area contributed by atoms with Crippen LogP contribution in [0.25, 0.3) is 0 Å². The molecule has 0 radical (unpaired) electrons. The number of aromatic nitrogens is 1. The lowest BCUT2D eigenvalue weighted by atomic mass is 10.1. The number of alkyl halides is 1. The van der Waals surface area contributed by atoms with Gasteiger partial charge in [-0.25, -0.2) is 4.98 Å². The lowest BCUT2D eigenvalue weighted by Gasteiger charge is -2.09. The van der Waals surface area contributed by atoms with E-state index in [4.69, 9.17) is 11.6 Å². The summed E-state index contributed by atoms with van der Waals surface area (Å²) in [6.07, 6.45) is 2.31. The standard InChI is InChI=1S/C15H17ClN2OS/c1-2-5-11-6-3-4-7-13(11)18-14(19)8-15-17-12(9-16)10-20-15/h3-4,6-7,10H,2,5,8-9H2,1H3,(H,18,19). The van der Waals surface area contributed by atoms with E-state index in [-0.39, 0.29) is 5.91 Å². The van der Waals surface area contributed by atoms with Crippen LogP contribution in [-0.4, -0.2) is 10.9 Å². The van der Waals surface area contributed by atoms with Gasteiger partial charge in [-0.05, 0) is 18.1 Å². The first-order chi connectivity index (χ1) is 9.72. The number of benzene rings is 1. The minimum absolute atomic E-state index is 0.0379. The molecule has 0 fully saturated rings. The third kappa shape index (κ3) is 4.05. The van der Waals surface area contributed by atoms with Crippen LogP contribution in [0.1, 0.15) is 29.6 Å². The van der Waals surface area contributed by atoms with Crippen LogP contribution in [0.4, 0.5) is 5.69 Å². The Labute approximate surface area is 128 Å². The number of aryl methyl sites for hydroxylation is 1. The predicted octanol–water partition coefficient (Wildman–Crippen LogP) is 4.02. The van der Waals surface area contributed by atoms with E-state index in [1.165, 1.54) is 16.9 Å². The summed E-state index contributed by atoms with van der Waals surface area (Å²) in [4.78, 5) is 16.4. The van der Waals surface area contributed by atoms with Crippen LogP contribution in [0.15, 0.2) is 29.6 Å². The van der Waals surface area contributed by atoms with Crippen LogP contribution >= 0.6 is 22.9 Å². The number of carbonyl (C=O) groups is 1. The summed E-state index contributed by atoms with van der Waals surface area (Å²) in [7, 11) is 0. The van der Waals surface area contributed by atoms with E-state index in [2.05, 4.69) is 17.2 Å². The third-order valence-electron chi connectivity index (χ3n) is 2.86. The van der Waals surface area contributed by atoms with Crippen molar-refractivity contribution in [3.05, 3.63) is 45.9 Å². The first-order valence-electron chi connectivity index (χ1n) is 6.60. The van der Waals surface area contributed by atoms with Gasteiger partial charge in [-0.3, -0.25) is 4.79 Å². The van der Waals surface area contributed by atoms with Crippen LogP contribution in [0.3, 0.4) is 0 Å². The molecule has 1 N–H and O–H groups in total. The Balaban J connectivity index is 2.00. The summed E-state index contributed by atoms with van der Waals surface area (Å²) in [5, 5.41) is 5.65. The number of hydrogen-bond acceptors (Lipinski definition) is 3. The van der Waals surface area contributed by atoms with Crippen molar-refractivity contribution in [3.63, 3.8) is 0 Å². The van der Waals surface area contributed by atoms with Crippen molar-refractivity contribution in [1.82, 2.24) is 4.98 Å². The fourth-order valence-electron chi connectivity index (χ4n) is 1.95. The molecule has 0 aliphatic heterocycles. The van der Waals surface area contributed by atoms with Gasteiger partial charge in [0.2, 0.25) is 5.91 Å². The molecule has 5 heteroatoms. The lowest BCUT2D eigenvalue weighted by molar-refractivity contribution is -0.115. The van der Waals surface area contributed by atoms with Crippen LogP contribution in [-0.2, 0) is 23.5 Å². The van der Waals surface area contributed by atoms with E-state index in [0.717, 1.165) is 29.2 Å². The molecular weight excluding hydrogens is 292 g/mol. The fourth-order valence-corrected chi connectivity index (χ4v) is 2.97. The van der Waals surface area contributed by atoms with Crippen LogP contribution < -0.4 is 5.32 Å². The van der Waals surface area contributed by atoms with Crippen molar-refractivity contribution in [2.75, 3.05) is 5.32 Å². The SMILES string of the molecule is CCCc1ccccc1NC(=O)Cc1nc(CCl)cs1. The monoisotopic (exact) mass is 308 g/mol. The van der Waals surface area contributed by atoms with Gasteiger partial charge in [-0.15, -0.1) is 22.9 Å². The second-order valence-corrected chi connectivity index (χ2v) is 5.71. The van der Waals surface area contributed by atoms with E-state index in [9.17, 15) is 4.79 Å². The van der Waals surface area contributed by atoms with Gasteiger partial charge < -0.3 is 5.32 Å². The molecule has 0 saturated heterocycles. The average molecular weight is 309 g/mol. The van der Waals surface area contributed by atoms with Crippen LogP contribution in [0, 0.1) is 0 Å². The van der Waals surface area contributed by atoms with Gasteiger partial charge in [0.05, 0.1) is 18.0 Å². The number of para-hydroxylation sites is 1. The predicted molar refractivity (Wildman–Crippen MR) is 84.4 cm³/mol. The van der Waals surface area contributed by atoms with Crippen molar-refractivity contribution in [1.29, 1.82) is 0 Å². The highest BCUT2D eigenvalue weighted by molar-refractivity contribution is 7.09. The summed E-state index contributed by atoms with van der Waals surface area (Å²) in [6.45, 7) is 2.13. The number of nitrogens with zero attached hydrogens (tertiary/aromatic N) is 1. The van der Waals surface area contributed by atoms with Gasteiger partial charge in [0, 0.05) is 11.1 Å². The Hall–Kier alpha value is -1.39. The summed E-state index contributed by atoms with van der Waals surface area (Å²) in [5.74, 6) is 0.348. The van der Waals surface area contributed by atoms with Gasteiger partial charge >= 0.3 is 0 Å². The lowest BCUT2D eigenvalue weighted by Crippen LogP contribution is -2.15. The number of halogens is 1. The molecule has 1 aromatic carbocycles. The molecule has 1 heterocycles. The van der Waals surface area contributed by atoms with Crippen molar-refractivity contribution in [3.8, 4) is 0 Å². The molecule has 0 bridgehead atoms. The maximum absolute atomic E-state index is 12.1. The van der Waals surface area contributed by atoms with E-state index in [1.54, 1.807) is 0 Å². The van der Waals surface area contributed by atoms with Crippen molar-refractivity contribution in [2.24, 2.45) is 0 Å². The highest BCUT2D eigenvalue weighted by Gasteiger charge is 2.09. The maximum Gasteiger partial charge on any atom is 0.231 e. The smallest absolute Gasteiger partial charge is 0.231 e. The molecule has 0 saturated carbocycles. The normalized spacial score (nSPS) is 10.5. The Kier molecular flexibility index (Phi) is 5.56. The summed E-state index contributed by atoms with van der Waals surface area (Å²) in [6, 6.07) is 7.92. The van der Waals surface area contributed by atoms with Gasteiger partial charge in [0.1, 0.15) is 5.01 Å². The van der Waals surface area contributed by atoms with E-state index < -0.39 is 0 Å². The molecular formula is C15H17ClN2OS. The van der Waals surface area contributed by atoms with Crippen molar-refractivity contribution >= 4 is 34.5 Å². The molecule has 2 rings (SSSR count). The Morgan fingerprint density at radius 2 is 2.20 bits per heavy atom. The molecule has 2 aromatic rings. The maximum atomic E-state index is 12.1. The number of hydrogen-bond donors (Lipinski definition) is 1. The minimum atomic E-state index is -0.0379. The molecule has 1 amide bonds. The summed E-state index contributed by atoms with van der Waals surface area (Å²) in [5.41, 5.74) is 2.89. The number of anilines is 1. The minimum Gasteiger partial charge on any atom is -0.325 e.